The van der Waals surface area contributed by atoms with Gasteiger partial charge in [0.1, 0.15) is 0 Å². The van der Waals surface area contributed by atoms with E-state index in [1.165, 1.54) is 0 Å². The van der Waals surface area contributed by atoms with Crippen LogP contribution in [0.5, 0.6) is 0 Å². The molecule has 0 aliphatic carbocycles. The molecule has 71 heavy (non-hydrogen) atoms. The SMILES string of the molecule is [Pd+2].[Pd+2].[c-]1c(-c2ccccn2)cccc1C(c1[c-]c2c(cc1)c1ccc(C(c3[c-]c(-c4ccccn4)ccc3)(c3ccccc3)c3ccccc3)[c-]c1n2-c1nccnn1)(c1ccccc1)c1ccccc1. The van der Waals surface area contributed by atoms with E-state index >= 15 is 0 Å². The van der Waals surface area contributed by atoms with Gasteiger partial charge in [0.15, 0.2) is 0 Å². The molecule has 0 amide bonds. The van der Waals surface area contributed by atoms with Crippen molar-refractivity contribution >= 4 is 21.8 Å². The van der Waals surface area contributed by atoms with Crippen LogP contribution in [0.3, 0.4) is 0 Å². The monoisotopic (exact) mass is 1090 g/mol. The second-order valence-electron chi connectivity index (χ2n) is 16.9. The maximum absolute atomic E-state index is 4.87. The normalized spacial score (nSPS) is 11.4. The molecule has 0 spiro atoms. The maximum atomic E-state index is 4.87. The van der Waals surface area contributed by atoms with Crippen molar-refractivity contribution < 1.29 is 40.8 Å². The van der Waals surface area contributed by atoms with Crippen LogP contribution in [0, 0.1) is 24.3 Å². The molecule has 0 atom stereocenters. The minimum absolute atomic E-state index is 0. The van der Waals surface area contributed by atoms with Crippen LogP contribution >= 0.6 is 0 Å². The van der Waals surface area contributed by atoms with Gasteiger partial charge < -0.3 is 14.5 Å². The molecule has 0 aliphatic rings. The molecule has 4 heterocycles. The Morgan fingerprint density at radius 2 is 0.718 bits per heavy atom. The van der Waals surface area contributed by atoms with Crippen molar-refractivity contribution in [1.29, 1.82) is 0 Å². The fourth-order valence-corrected chi connectivity index (χ4v) is 10.2. The van der Waals surface area contributed by atoms with E-state index in [1.54, 1.807) is 12.4 Å². The predicted molar refractivity (Wildman–Crippen MR) is 273 cm³/mol. The first-order valence-electron chi connectivity index (χ1n) is 22.9. The van der Waals surface area contributed by atoms with E-state index in [4.69, 9.17) is 15.0 Å². The molecule has 12 rings (SSSR count). The van der Waals surface area contributed by atoms with Crippen LogP contribution in [0.1, 0.15) is 44.5 Å². The standard InChI is InChI=1S/C63H40N6.2Pd/c1-5-21-47(22-6-1)62(48-23-7-2-8-24-48,51-29-17-19-45(41-51)57-31-13-15-37-64-57)53-33-35-55-56-36-34-54(44-60(56)69(59(55)43-53)61-66-39-40-67-68-61)63(49-25-9-3-10-26-49,50-27-11-4-12-28-50)52-30-18-20-46(42-52)58-32-14-16-38-65-58;;/h1-40H;;/q-4;2*+2. The number of benzene rings is 8. The average Bonchev–Trinajstić information content (AvgIpc) is 3.76. The Morgan fingerprint density at radius 3 is 1.08 bits per heavy atom. The summed E-state index contributed by atoms with van der Waals surface area (Å²) in [5, 5.41) is 11.0. The van der Waals surface area contributed by atoms with Gasteiger partial charge in [0, 0.05) is 23.2 Å². The van der Waals surface area contributed by atoms with Crippen LogP contribution in [-0.4, -0.2) is 29.7 Å². The first kappa shape index (κ1) is 46.9. The summed E-state index contributed by atoms with van der Waals surface area (Å²) < 4.78 is 2.06. The van der Waals surface area contributed by atoms with Gasteiger partial charge >= 0.3 is 40.8 Å². The largest absolute Gasteiger partial charge is 2.00 e. The molecule has 8 aromatic carbocycles. The zero-order chi connectivity index (χ0) is 46.0. The van der Waals surface area contributed by atoms with Gasteiger partial charge in [0.2, 0.25) is 0 Å². The van der Waals surface area contributed by atoms with Crippen molar-refractivity contribution in [2.24, 2.45) is 0 Å². The Morgan fingerprint density at radius 1 is 0.324 bits per heavy atom. The summed E-state index contributed by atoms with van der Waals surface area (Å²) in [6.07, 6.45) is 6.92. The third-order valence-electron chi connectivity index (χ3n) is 13.2. The molecule has 0 unspecified atom stereocenters. The van der Waals surface area contributed by atoms with Crippen LogP contribution in [-0.2, 0) is 51.7 Å². The van der Waals surface area contributed by atoms with E-state index in [1.807, 2.05) is 48.8 Å². The second kappa shape index (κ2) is 20.3. The van der Waals surface area contributed by atoms with Gasteiger partial charge in [-0.15, -0.1) is 87.0 Å². The van der Waals surface area contributed by atoms with Gasteiger partial charge in [-0.25, -0.2) is 4.98 Å². The fraction of sp³-hybridized carbons (Fsp3) is 0.0317. The average molecular weight is 1090 g/mol. The van der Waals surface area contributed by atoms with E-state index in [-0.39, 0.29) is 40.8 Å². The minimum atomic E-state index is -0.877. The molecule has 8 heteroatoms. The Hall–Kier alpha value is -7.81. The molecule has 0 bridgehead atoms. The Labute approximate surface area is 440 Å². The second-order valence-corrected chi connectivity index (χ2v) is 16.9. The van der Waals surface area contributed by atoms with E-state index in [9.17, 15) is 0 Å². The van der Waals surface area contributed by atoms with Gasteiger partial charge in [-0.1, -0.05) is 157 Å². The molecule has 0 radical (unpaired) electrons. The van der Waals surface area contributed by atoms with Crippen LogP contribution in [0.25, 0.3) is 50.3 Å². The van der Waals surface area contributed by atoms with Crippen LogP contribution in [0.4, 0.5) is 0 Å². The molecule has 0 saturated heterocycles. The molecular weight excluding hydrogens is 1050 g/mol. The number of pyridine rings is 2. The number of fused-ring (bicyclic) bond motifs is 3. The minimum Gasteiger partial charge on any atom is -0.327 e. The van der Waals surface area contributed by atoms with Gasteiger partial charge in [-0.3, -0.25) is 0 Å². The number of hydrogen-bond donors (Lipinski definition) is 0. The van der Waals surface area contributed by atoms with E-state index in [0.29, 0.717) is 5.95 Å². The van der Waals surface area contributed by atoms with Crippen molar-refractivity contribution in [3.63, 3.8) is 0 Å². The van der Waals surface area contributed by atoms with E-state index in [0.717, 1.165) is 88.8 Å². The summed E-state index contributed by atoms with van der Waals surface area (Å²) in [5.41, 5.74) is 11.3. The quantitative estimate of drug-likeness (QED) is 0.0733. The van der Waals surface area contributed by atoms with E-state index < -0.39 is 10.8 Å². The first-order valence-corrected chi connectivity index (χ1v) is 22.9. The van der Waals surface area contributed by atoms with Crippen LogP contribution in [0.2, 0.25) is 0 Å². The number of hydrogen-bond acceptors (Lipinski definition) is 5. The van der Waals surface area contributed by atoms with E-state index in [2.05, 4.69) is 221 Å². The molecule has 342 valence electrons. The third kappa shape index (κ3) is 8.16. The van der Waals surface area contributed by atoms with Crippen molar-refractivity contribution in [2.75, 3.05) is 0 Å². The van der Waals surface area contributed by atoms with Gasteiger partial charge in [0.05, 0.1) is 12.4 Å². The predicted octanol–water partition coefficient (Wildman–Crippen LogP) is 13.1. The Balaban J connectivity index is 0.00000291. The summed E-state index contributed by atoms with van der Waals surface area (Å²) in [5.74, 6) is 0.404. The summed E-state index contributed by atoms with van der Waals surface area (Å²) in [7, 11) is 0. The summed E-state index contributed by atoms with van der Waals surface area (Å²) in [6, 6.07) is 91.8. The summed E-state index contributed by atoms with van der Waals surface area (Å²) >= 11 is 0. The van der Waals surface area contributed by atoms with Crippen LogP contribution in [0.15, 0.2) is 243 Å². The van der Waals surface area contributed by atoms with Gasteiger partial charge in [-0.05, 0) is 45.8 Å². The third-order valence-corrected chi connectivity index (χ3v) is 13.2. The number of nitrogens with zero attached hydrogens (tertiary/aromatic N) is 6. The van der Waals surface area contributed by atoms with Crippen molar-refractivity contribution in [3.8, 4) is 28.5 Å². The topological polar surface area (TPSA) is 69.4 Å². The molecule has 12 aromatic rings. The Kier molecular flexibility index (Phi) is 13.4. The molecule has 4 aromatic heterocycles. The van der Waals surface area contributed by atoms with Crippen LogP contribution < -0.4 is 0 Å². The molecule has 0 aliphatic heterocycles. The zero-order valence-electron chi connectivity index (χ0n) is 37.9. The maximum Gasteiger partial charge on any atom is 2.00 e. The summed E-state index contributed by atoms with van der Waals surface area (Å²) in [6.45, 7) is 0. The van der Waals surface area contributed by atoms with Gasteiger partial charge in [0.25, 0.3) is 5.95 Å². The molecular formula is C63H40N6Pd2. The Bertz CT molecular complexity index is 3400. The number of rotatable bonds is 11. The smallest absolute Gasteiger partial charge is 0.327 e. The fourth-order valence-electron chi connectivity index (χ4n) is 10.2. The van der Waals surface area contributed by atoms with Gasteiger partial charge in [-0.2, -0.15) is 52.3 Å². The van der Waals surface area contributed by atoms with Crippen molar-refractivity contribution in [3.05, 3.63) is 312 Å². The molecule has 0 N–H and O–H groups in total. The molecule has 0 fully saturated rings. The first-order chi connectivity index (χ1) is 34.2. The molecule has 0 saturated carbocycles. The molecule has 6 nitrogen and oxygen atoms in total. The van der Waals surface area contributed by atoms with Crippen molar-refractivity contribution in [1.82, 2.24) is 29.7 Å². The zero-order valence-corrected chi connectivity index (χ0v) is 41.0. The van der Waals surface area contributed by atoms with Crippen molar-refractivity contribution in [2.45, 2.75) is 10.8 Å². The summed E-state index contributed by atoms with van der Waals surface area (Å²) in [4.78, 5) is 14.3. The number of aromatic nitrogens is 6.